The fourth-order valence-corrected chi connectivity index (χ4v) is 3.80. The molecule has 7 nitrogen and oxygen atoms in total. The second-order valence-corrected chi connectivity index (χ2v) is 7.97. The minimum Gasteiger partial charge on any atom is -0.341 e. The number of aryl methyl sites for hydroxylation is 1. The molecule has 166 valence electrons. The van der Waals surface area contributed by atoms with Crippen LogP contribution < -0.4 is 10.6 Å². The van der Waals surface area contributed by atoms with E-state index in [0.717, 1.165) is 37.2 Å². The van der Waals surface area contributed by atoms with E-state index in [9.17, 15) is 14.0 Å². The van der Waals surface area contributed by atoms with Gasteiger partial charge in [0.2, 0.25) is 5.91 Å². The third-order valence-corrected chi connectivity index (χ3v) is 5.58. The third-order valence-electron chi connectivity index (χ3n) is 5.58. The van der Waals surface area contributed by atoms with Crippen molar-refractivity contribution >= 4 is 23.3 Å². The predicted molar refractivity (Wildman–Crippen MR) is 119 cm³/mol. The zero-order valence-electron chi connectivity index (χ0n) is 18.3. The number of anilines is 2. The van der Waals surface area contributed by atoms with Gasteiger partial charge in [0, 0.05) is 38.3 Å². The first-order valence-corrected chi connectivity index (χ1v) is 10.6. The molecule has 1 fully saturated rings. The van der Waals surface area contributed by atoms with Crippen molar-refractivity contribution in [1.29, 1.82) is 0 Å². The quantitative estimate of drug-likeness (QED) is 0.730. The number of piperidine rings is 1. The van der Waals surface area contributed by atoms with Crippen molar-refractivity contribution in [1.82, 2.24) is 14.8 Å². The molecular formula is C23H30FN5O2. The van der Waals surface area contributed by atoms with E-state index in [1.165, 1.54) is 6.07 Å². The summed E-state index contributed by atoms with van der Waals surface area (Å²) in [5.74, 6) is -0.347. The Morgan fingerprint density at radius 3 is 2.77 bits per heavy atom. The van der Waals surface area contributed by atoms with Gasteiger partial charge >= 0.3 is 6.03 Å². The van der Waals surface area contributed by atoms with Gasteiger partial charge in [-0.25, -0.2) is 9.18 Å². The molecule has 0 radical (unpaired) electrons. The Morgan fingerprint density at radius 1 is 1.26 bits per heavy atom. The summed E-state index contributed by atoms with van der Waals surface area (Å²) in [5, 5.41) is 5.23. The predicted octanol–water partition coefficient (Wildman–Crippen LogP) is 4.01. The first-order valence-electron chi connectivity index (χ1n) is 10.6. The highest BCUT2D eigenvalue weighted by Crippen LogP contribution is 2.21. The van der Waals surface area contributed by atoms with Crippen LogP contribution in [-0.2, 0) is 11.3 Å². The Kier molecular flexibility index (Phi) is 7.57. The summed E-state index contributed by atoms with van der Waals surface area (Å²) in [4.78, 5) is 32.5. The van der Waals surface area contributed by atoms with Crippen molar-refractivity contribution in [3.8, 4) is 0 Å². The van der Waals surface area contributed by atoms with Crippen molar-refractivity contribution in [3.05, 3.63) is 53.6 Å². The molecule has 0 aliphatic carbocycles. The summed E-state index contributed by atoms with van der Waals surface area (Å²) in [7, 11) is 1.86. The monoisotopic (exact) mass is 427 g/mol. The normalized spacial score (nSPS) is 16.6. The molecule has 3 rings (SSSR count). The summed E-state index contributed by atoms with van der Waals surface area (Å²) in [6, 6.07) is 7.94. The summed E-state index contributed by atoms with van der Waals surface area (Å²) in [5.41, 5.74) is 2.40. The van der Waals surface area contributed by atoms with Crippen LogP contribution in [0.1, 0.15) is 37.4 Å². The van der Waals surface area contributed by atoms with Gasteiger partial charge in [-0.3, -0.25) is 14.7 Å². The van der Waals surface area contributed by atoms with Gasteiger partial charge in [-0.2, -0.15) is 0 Å². The highest BCUT2D eigenvalue weighted by atomic mass is 19.1. The number of hydrogen-bond donors (Lipinski definition) is 2. The van der Waals surface area contributed by atoms with Gasteiger partial charge in [0.15, 0.2) is 0 Å². The van der Waals surface area contributed by atoms with Crippen LogP contribution in [0.2, 0.25) is 0 Å². The summed E-state index contributed by atoms with van der Waals surface area (Å²) >= 11 is 0. The Labute approximate surface area is 182 Å². The van der Waals surface area contributed by atoms with Crippen LogP contribution in [0.3, 0.4) is 0 Å². The van der Waals surface area contributed by atoms with E-state index in [4.69, 9.17) is 0 Å². The van der Waals surface area contributed by atoms with Crippen LogP contribution >= 0.6 is 0 Å². The second-order valence-electron chi connectivity index (χ2n) is 7.97. The summed E-state index contributed by atoms with van der Waals surface area (Å²) in [6.07, 6.45) is 4.05. The Balaban J connectivity index is 1.61. The van der Waals surface area contributed by atoms with Crippen LogP contribution in [0.5, 0.6) is 0 Å². The van der Waals surface area contributed by atoms with Crippen LogP contribution in [0.25, 0.3) is 0 Å². The van der Waals surface area contributed by atoms with E-state index in [2.05, 4.69) is 20.5 Å². The maximum Gasteiger partial charge on any atom is 0.323 e. The number of benzene rings is 1. The largest absolute Gasteiger partial charge is 0.341 e. The van der Waals surface area contributed by atoms with Crippen molar-refractivity contribution in [2.24, 2.45) is 0 Å². The lowest BCUT2D eigenvalue weighted by molar-refractivity contribution is -0.132. The van der Waals surface area contributed by atoms with Gasteiger partial charge in [-0.05, 0) is 56.1 Å². The molecule has 3 amide bonds. The van der Waals surface area contributed by atoms with E-state index in [0.29, 0.717) is 18.7 Å². The van der Waals surface area contributed by atoms with Gasteiger partial charge in [-0.1, -0.05) is 13.0 Å². The van der Waals surface area contributed by atoms with Gasteiger partial charge < -0.3 is 15.5 Å². The molecule has 2 N–H and O–H groups in total. The lowest BCUT2D eigenvalue weighted by Crippen LogP contribution is -2.48. The standard InChI is InChI=1S/C23H30FN5O2/c1-4-22(30)28(3)19-6-5-11-29(15-19)14-17-8-10-20(24)21(12-17)27-23(31)26-18-9-7-16(2)25-13-18/h7-10,12-13,19H,4-6,11,14-15H2,1-3H3,(H2,26,27,31). The minimum atomic E-state index is -0.528. The molecule has 2 aromatic rings. The van der Waals surface area contributed by atoms with Crippen LogP contribution in [0.15, 0.2) is 36.5 Å². The number of aromatic nitrogens is 1. The number of likely N-dealkylation sites (tertiary alicyclic amines) is 1. The van der Waals surface area contributed by atoms with Crippen molar-refractivity contribution in [2.45, 2.75) is 45.7 Å². The molecule has 0 spiro atoms. The van der Waals surface area contributed by atoms with E-state index in [-0.39, 0.29) is 17.6 Å². The highest BCUT2D eigenvalue weighted by Gasteiger charge is 2.25. The maximum atomic E-state index is 14.3. The van der Waals surface area contributed by atoms with Gasteiger partial charge in [-0.15, -0.1) is 0 Å². The molecule has 31 heavy (non-hydrogen) atoms. The number of halogens is 1. The minimum absolute atomic E-state index is 0.127. The topological polar surface area (TPSA) is 77.6 Å². The first-order chi connectivity index (χ1) is 14.9. The number of urea groups is 1. The first kappa shape index (κ1) is 22.7. The maximum absolute atomic E-state index is 14.3. The Bertz CT molecular complexity index is 919. The number of pyridine rings is 1. The average molecular weight is 428 g/mol. The number of likely N-dealkylation sites (N-methyl/N-ethyl adjacent to an activating group) is 1. The Morgan fingerprint density at radius 2 is 2.06 bits per heavy atom. The molecule has 1 aromatic carbocycles. The summed E-state index contributed by atoms with van der Waals surface area (Å²) < 4.78 is 14.3. The molecule has 1 atom stereocenters. The molecule has 1 aromatic heterocycles. The molecule has 1 aliphatic rings. The van der Waals surface area contributed by atoms with Crippen molar-refractivity contribution in [3.63, 3.8) is 0 Å². The van der Waals surface area contributed by atoms with Gasteiger partial charge in [0.1, 0.15) is 5.82 Å². The zero-order valence-corrected chi connectivity index (χ0v) is 18.3. The lowest BCUT2D eigenvalue weighted by atomic mass is 10.0. The molecule has 1 aliphatic heterocycles. The van der Waals surface area contributed by atoms with Gasteiger partial charge in [0.05, 0.1) is 17.6 Å². The number of nitrogens with one attached hydrogen (secondary N) is 2. The fraction of sp³-hybridized carbons (Fsp3) is 0.435. The third kappa shape index (κ3) is 6.24. The smallest absolute Gasteiger partial charge is 0.323 e. The Hall–Kier alpha value is -3.00. The van der Waals surface area contributed by atoms with E-state index < -0.39 is 11.8 Å². The van der Waals surface area contributed by atoms with E-state index >= 15 is 0 Å². The van der Waals surface area contributed by atoms with E-state index in [1.54, 1.807) is 30.5 Å². The van der Waals surface area contributed by atoms with Crippen molar-refractivity contribution < 1.29 is 14.0 Å². The molecular weight excluding hydrogens is 397 g/mol. The number of carbonyl (C=O) groups is 2. The van der Waals surface area contributed by atoms with Gasteiger partial charge in [0.25, 0.3) is 0 Å². The highest BCUT2D eigenvalue weighted by molar-refractivity contribution is 5.99. The molecule has 0 saturated carbocycles. The number of hydrogen-bond acceptors (Lipinski definition) is 4. The SMILES string of the molecule is CCC(=O)N(C)C1CCCN(Cc2ccc(F)c(NC(=O)Nc3ccc(C)nc3)c2)C1. The number of rotatable bonds is 6. The zero-order chi connectivity index (χ0) is 22.4. The van der Waals surface area contributed by atoms with Crippen LogP contribution in [0.4, 0.5) is 20.6 Å². The molecule has 0 bridgehead atoms. The second kappa shape index (κ2) is 10.3. The lowest BCUT2D eigenvalue weighted by Gasteiger charge is -2.37. The molecule has 1 saturated heterocycles. The molecule has 8 heteroatoms. The van der Waals surface area contributed by atoms with Crippen LogP contribution in [0, 0.1) is 12.7 Å². The summed E-state index contributed by atoms with van der Waals surface area (Å²) in [6.45, 7) is 6.06. The van der Waals surface area contributed by atoms with Crippen LogP contribution in [-0.4, -0.2) is 52.9 Å². The average Bonchev–Trinajstić information content (AvgIpc) is 2.76. The molecule has 2 heterocycles. The molecule has 1 unspecified atom stereocenters. The number of carbonyl (C=O) groups excluding carboxylic acids is 2. The van der Waals surface area contributed by atoms with Crippen molar-refractivity contribution in [2.75, 3.05) is 30.8 Å². The van der Waals surface area contributed by atoms with E-state index in [1.807, 2.05) is 25.8 Å². The number of amides is 3. The number of nitrogens with zero attached hydrogens (tertiary/aromatic N) is 3. The fourth-order valence-electron chi connectivity index (χ4n) is 3.80.